The molecule has 0 aromatic rings. The van der Waals surface area contributed by atoms with Crippen LogP contribution in [-0.4, -0.2) is 11.9 Å². The van der Waals surface area contributed by atoms with Crippen molar-refractivity contribution in [3.8, 4) is 0 Å². The lowest BCUT2D eigenvalue weighted by atomic mass is 10.1. The van der Waals surface area contributed by atoms with E-state index in [1.165, 1.54) is 5.57 Å². The van der Waals surface area contributed by atoms with Gasteiger partial charge in [0.2, 0.25) is 5.91 Å². The molecule has 0 spiro atoms. The third kappa shape index (κ3) is 2.61. The molecule has 2 unspecified atom stereocenters. The minimum absolute atomic E-state index is 0.135. The first-order valence-electron chi connectivity index (χ1n) is 5.72. The molecule has 0 bridgehead atoms. The highest BCUT2D eigenvalue weighted by atomic mass is 16.2. The van der Waals surface area contributed by atoms with Gasteiger partial charge in [-0.15, -0.1) is 0 Å². The van der Waals surface area contributed by atoms with Crippen LogP contribution in [0.5, 0.6) is 0 Å². The maximum atomic E-state index is 11.9. The molecule has 15 heavy (non-hydrogen) atoms. The second kappa shape index (κ2) is 3.99. The number of hydrogen-bond acceptors (Lipinski definition) is 1. The zero-order valence-corrected chi connectivity index (χ0v) is 10.7. The van der Waals surface area contributed by atoms with E-state index in [4.69, 9.17) is 0 Å². The molecule has 1 aliphatic rings. The van der Waals surface area contributed by atoms with Gasteiger partial charge >= 0.3 is 0 Å². The third-order valence-electron chi connectivity index (χ3n) is 3.14. The Kier molecular flexibility index (Phi) is 3.27. The van der Waals surface area contributed by atoms with Gasteiger partial charge in [-0.1, -0.05) is 25.5 Å². The molecule has 0 heterocycles. The Hall–Kier alpha value is -0.790. The van der Waals surface area contributed by atoms with Crippen molar-refractivity contribution >= 4 is 5.91 Å². The summed E-state index contributed by atoms with van der Waals surface area (Å²) in [5.74, 6) is 0.786. The molecule has 2 atom stereocenters. The summed E-state index contributed by atoms with van der Waals surface area (Å²) in [7, 11) is 0. The van der Waals surface area contributed by atoms with Crippen molar-refractivity contribution in [1.82, 2.24) is 5.32 Å². The van der Waals surface area contributed by atoms with Gasteiger partial charge in [-0.25, -0.2) is 0 Å². The molecule has 1 fully saturated rings. The standard InChI is InChI=1S/C13H23NO/c1-8(2)7-10-11(13(10,5)6)12(15)14-9(3)4/h7,9-11H,1-6H3,(H,14,15). The molecular formula is C13H23NO. The molecule has 2 nitrogen and oxygen atoms in total. The Morgan fingerprint density at radius 1 is 1.33 bits per heavy atom. The largest absolute Gasteiger partial charge is 0.354 e. The summed E-state index contributed by atoms with van der Waals surface area (Å²) in [6, 6.07) is 0.237. The first kappa shape index (κ1) is 12.3. The first-order chi connectivity index (χ1) is 6.76. The van der Waals surface area contributed by atoms with Crippen molar-refractivity contribution < 1.29 is 4.79 Å². The summed E-state index contributed by atoms with van der Waals surface area (Å²) in [5.41, 5.74) is 1.43. The molecule has 0 saturated heterocycles. The summed E-state index contributed by atoms with van der Waals surface area (Å²) in [6.45, 7) is 12.5. The van der Waals surface area contributed by atoms with Gasteiger partial charge in [-0.05, 0) is 39.0 Å². The van der Waals surface area contributed by atoms with E-state index < -0.39 is 0 Å². The lowest BCUT2D eigenvalue weighted by Crippen LogP contribution is -2.32. The zero-order valence-electron chi connectivity index (χ0n) is 10.7. The van der Waals surface area contributed by atoms with Crippen LogP contribution in [0.2, 0.25) is 0 Å². The fourth-order valence-corrected chi connectivity index (χ4v) is 2.22. The molecule has 86 valence electrons. The monoisotopic (exact) mass is 209 g/mol. The Bertz CT molecular complexity index is 285. The molecule has 0 radical (unpaired) electrons. The Morgan fingerprint density at radius 2 is 1.87 bits per heavy atom. The van der Waals surface area contributed by atoms with Gasteiger partial charge in [0.1, 0.15) is 0 Å². The summed E-state index contributed by atoms with van der Waals surface area (Å²) in [4.78, 5) is 11.9. The van der Waals surface area contributed by atoms with Gasteiger partial charge in [0.25, 0.3) is 0 Å². The van der Waals surface area contributed by atoms with Gasteiger partial charge in [-0.2, -0.15) is 0 Å². The number of rotatable bonds is 3. The highest BCUT2D eigenvalue weighted by Crippen LogP contribution is 2.59. The molecule has 0 aromatic carbocycles. The molecule has 1 amide bonds. The SMILES string of the molecule is CC(C)=CC1C(C(=O)NC(C)C)C1(C)C. The lowest BCUT2D eigenvalue weighted by Gasteiger charge is -2.08. The molecule has 1 saturated carbocycles. The van der Waals surface area contributed by atoms with Gasteiger partial charge in [-0.3, -0.25) is 4.79 Å². The van der Waals surface area contributed by atoms with E-state index in [-0.39, 0.29) is 23.3 Å². The lowest BCUT2D eigenvalue weighted by molar-refractivity contribution is -0.123. The van der Waals surface area contributed by atoms with Crippen molar-refractivity contribution in [1.29, 1.82) is 0 Å². The fourth-order valence-electron chi connectivity index (χ4n) is 2.22. The van der Waals surface area contributed by atoms with Gasteiger partial charge in [0.05, 0.1) is 5.92 Å². The number of carbonyl (C=O) groups is 1. The Balaban J connectivity index is 2.66. The van der Waals surface area contributed by atoms with Crippen LogP contribution in [-0.2, 0) is 4.79 Å². The third-order valence-corrected chi connectivity index (χ3v) is 3.14. The average molecular weight is 209 g/mol. The highest BCUT2D eigenvalue weighted by Gasteiger charge is 2.60. The summed E-state index contributed by atoms with van der Waals surface area (Å²) in [6.07, 6.45) is 2.23. The van der Waals surface area contributed by atoms with Gasteiger partial charge in [0, 0.05) is 6.04 Å². The van der Waals surface area contributed by atoms with E-state index in [9.17, 15) is 4.79 Å². The van der Waals surface area contributed by atoms with Crippen molar-refractivity contribution in [3.63, 3.8) is 0 Å². The number of carbonyl (C=O) groups excluding carboxylic acids is 1. The molecular weight excluding hydrogens is 186 g/mol. The van der Waals surface area contributed by atoms with Crippen molar-refractivity contribution in [3.05, 3.63) is 11.6 Å². The van der Waals surface area contributed by atoms with Crippen LogP contribution in [0.3, 0.4) is 0 Å². The maximum absolute atomic E-state index is 11.9. The molecule has 1 rings (SSSR count). The normalized spacial score (nSPS) is 27.4. The van der Waals surface area contributed by atoms with Crippen LogP contribution in [0.25, 0.3) is 0 Å². The number of allylic oxidation sites excluding steroid dienone is 2. The van der Waals surface area contributed by atoms with E-state index in [2.05, 4.69) is 39.1 Å². The topological polar surface area (TPSA) is 29.1 Å². The van der Waals surface area contributed by atoms with Crippen molar-refractivity contribution in [2.24, 2.45) is 17.3 Å². The minimum atomic E-state index is 0.135. The van der Waals surface area contributed by atoms with Crippen LogP contribution in [0.1, 0.15) is 41.5 Å². The van der Waals surface area contributed by atoms with E-state index in [1.807, 2.05) is 13.8 Å². The quantitative estimate of drug-likeness (QED) is 0.711. The van der Waals surface area contributed by atoms with E-state index in [0.29, 0.717) is 5.92 Å². The van der Waals surface area contributed by atoms with E-state index >= 15 is 0 Å². The molecule has 0 aromatic heterocycles. The number of nitrogens with one attached hydrogen (secondary N) is 1. The van der Waals surface area contributed by atoms with Crippen LogP contribution < -0.4 is 5.32 Å². The first-order valence-corrected chi connectivity index (χ1v) is 5.72. The van der Waals surface area contributed by atoms with Gasteiger partial charge < -0.3 is 5.32 Å². The van der Waals surface area contributed by atoms with Crippen molar-refractivity contribution in [2.75, 3.05) is 0 Å². The number of amides is 1. The fraction of sp³-hybridized carbons (Fsp3) is 0.769. The van der Waals surface area contributed by atoms with E-state index in [1.54, 1.807) is 0 Å². The highest BCUT2D eigenvalue weighted by molar-refractivity contribution is 5.83. The second-order valence-electron chi connectivity index (χ2n) is 5.73. The zero-order chi connectivity index (χ0) is 11.8. The summed E-state index contributed by atoms with van der Waals surface area (Å²) in [5, 5.41) is 3.00. The molecule has 2 heteroatoms. The summed E-state index contributed by atoms with van der Waals surface area (Å²) < 4.78 is 0. The number of hydrogen-bond donors (Lipinski definition) is 1. The summed E-state index contributed by atoms with van der Waals surface area (Å²) >= 11 is 0. The molecule has 1 N–H and O–H groups in total. The average Bonchev–Trinajstić information content (AvgIpc) is 2.49. The van der Waals surface area contributed by atoms with Crippen molar-refractivity contribution in [2.45, 2.75) is 47.6 Å². The smallest absolute Gasteiger partial charge is 0.224 e. The van der Waals surface area contributed by atoms with Crippen LogP contribution in [0.15, 0.2) is 11.6 Å². The minimum Gasteiger partial charge on any atom is -0.354 e. The Morgan fingerprint density at radius 3 is 2.27 bits per heavy atom. The Labute approximate surface area is 93.1 Å². The second-order valence-corrected chi connectivity index (χ2v) is 5.73. The van der Waals surface area contributed by atoms with Crippen LogP contribution >= 0.6 is 0 Å². The van der Waals surface area contributed by atoms with Gasteiger partial charge in [0.15, 0.2) is 0 Å². The molecule has 0 aliphatic heterocycles. The predicted molar refractivity (Wildman–Crippen MR) is 63.5 cm³/mol. The maximum Gasteiger partial charge on any atom is 0.224 e. The van der Waals surface area contributed by atoms with Crippen LogP contribution in [0, 0.1) is 17.3 Å². The van der Waals surface area contributed by atoms with Crippen LogP contribution in [0.4, 0.5) is 0 Å². The molecule has 1 aliphatic carbocycles. The van der Waals surface area contributed by atoms with E-state index in [0.717, 1.165) is 0 Å². The predicted octanol–water partition coefficient (Wildman–Crippen LogP) is 2.75.